The van der Waals surface area contributed by atoms with E-state index in [0.29, 0.717) is 30.4 Å². The Morgan fingerprint density at radius 3 is 2.40 bits per heavy atom. The largest absolute Gasteiger partial charge is 0.493 e. The van der Waals surface area contributed by atoms with Crippen LogP contribution in [0.2, 0.25) is 0 Å². The van der Waals surface area contributed by atoms with Crippen molar-refractivity contribution in [3.63, 3.8) is 0 Å². The van der Waals surface area contributed by atoms with E-state index in [2.05, 4.69) is 29.6 Å². The predicted molar refractivity (Wildman–Crippen MR) is 113 cm³/mol. The summed E-state index contributed by atoms with van der Waals surface area (Å²) in [5.41, 5.74) is 2.11. The SMILES string of the molecule is COc1cc(CC(=O)NC[C@@H]2C[NH+](Cc3ccccc3)CCO2)cc(OC)c1OC. The van der Waals surface area contributed by atoms with Gasteiger partial charge in [-0.25, -0.2) is 0 Å². The fourth-order valence-corrected chi connectivity index (χ4v) is 3.74. The number of hydrogen-bond acceptors (Lipinski definition) is 5. The van der Waals surface area contributed by atoms with E-state index in [9.17, 15) is 4.79 Å². The summed E-state index contributed by atoms with van der Waals surface area (Å²) in [7, 11) is 4.68. The number of nitrogens with one attached hydrogen (secondary N) is 2. The number of ether oxygens (including phenoxy) is 4. The molecule has 0 spiro atoms. The summed E-state index contributed by atoms with van der Waals surface area (Å²) >= 11 is 0. The molecule has 1 heterocycles. The van der Waals surface area contributed by atoms with E-state index in [1.54, 1.807) is 33.5 Å². The monoisotopic (exact) mass is 415 g/mol. The summed E-state index contributed by atoms with van der Waals surface area (Å²) in [5.74, 6) is 1.52. The maximum Gasteiger partial charge on any atom is 0.224 e. The van der Waals surface area contributed by atoms with Gasteiger partial charge in [0.15, 0.2) is 11.5 Å². The highest BCUT2D eigenvalue weighted by Gasteiger charge is 2.24. The maximum absolute atomic E-state index is 12.5. The topological polar surface area (TPSA) is 70.5 Å². The van der Waals surface area contributed by atoms with Crippen LogP contribution in [0.4, 0.5) is 0 Å². The maximum atomic E-state index is 12.5. The van der Waals surface area contributed by atoms with Crippen molar-refractivity contribution in [2.75, 3.05) is 47.6 Å². The molecule has 1 aliphatic rings. The standard InChI is InChI=1S/C23H30N2O5/c1-27-20-11-18(12-21(28-2)23(20)29-3)13-22(26)24-14-19-16-25(9-10-30-19)15-17-7-5-4-6-8-17/h4-8,11-12,19H,9-10,13-16H2,1-3H3,(H,24,26)/p+1/t19-/m1/s1. The number of methoxy groups -OCH3 is 3. The lowest BCUT2D eigenvalue weighted by atomic mass is 10.1. The molecule has 30 heavy (non-hydrogen) atoms. The Morgan fingerprint density at radius 1 is 1.07 bits per heavy atom. The van der Waals surface area contributed by atoms with E-state index in [1.807, 2.05) is 6.07 Å². The number of quaternary nitrogens is 1. The van der Waals surface area contributed by atoms with Crippen LogP contribution in [0, 0.1) is 0 Å². The number of hydrogen-bond donors (Lipinski definition) is 2. The molecule has 7 heteroatoms. The van der Waals surface area contributed by atoms with Crippen LogP contribution < -0.4 is 24.4 Å². The quantitative estimate of drug-likeness (QED) is 0.636. The minimum Gasteiger partial charge on any atom is -0.493 e. The van der Waals surface area contributed by atoms with Crippen molar-refractivity contribution >= 4 is 5.91 Å². The molecular weight excluding hydrogens is 384 g/mol. The van der Waals surface area contributed by atoms with Crippen LogP contribution >= 0.6 is 0 Å². The molecule has 0 radical (unpaired) electrons. The minimum atomic E-state index is -0.0666. The third kappa shape index (κ3) is 5.87. The lowest BCUT2D eigenvalue weighted by Gasteiger charge is -2.30. The number of morpholine rings is 1. The van der Waals surface area contributed by atoms with Gasteiger partial charge in [0.1, 0.15) is 25.7 Å². The average molecular weight is 416 g/mol. The third-order valence-electron chi connectivity index (χ3n) is 5.24. The fourth-order valence-electron chi connectivity index (χ4n) is 3.74. The first-order chi connectivity index (χ1) is 14.6. The molecule has 3 rings (SSSR count). The van der Waals surface area contributed by atoms with Gasteiger partial charge in [-0.1, -0.05) is 30.3 Å². The van der Waals surface area contributed by atoms with Gasteiger partial charge in [-0.2, -0.15) is 0 Å². The minimum absolute atomic E-state index is 0.0151. The molecule has 2 N–H and O–H groups in total. The van der Waals surface area contributed by atoms with Crippen LogP contribution in [-0.4, -0.2) is 59.6 Å². The van der Waals surface area contributed by atoms with Gasteiger partial charge in [0.05, 0.1) is 34.4 Å². The smallest absolute Gasteiger partial charge is 0.224 e. The first-order valence-corrected chi connectivity index (χ1v) is 10.2. The lowest BCUT2D eigenvalue weighted by molar-refractivity contribution is -0.925. The van der Waals surface area contributed by atoms with Crippen molar-refractivity contribution in [1.29, 1.82) is 0 Å². The van der Waals surface area contributed by atoms with Crippen molar-refractivity contribution < 1.29 is 28.6 Å². The van der Waals surface area contributed by atoms with Crippen LogP contribution in [0.25, 0.3) is 0 Å². The number of benzene rings is 2. The zero-order chi connectivity index (χ0) is 21.3. The Balaban J connectivity index is 1.52. The molecule has 1 amide bonds. The molecular formula is C23H31N2O5+. The highest BCUT2D eigenvalue weighted by Crippen LogP contribution is 2.38. The normalized spacial score (nSPS) is 18.5. The Morgan fingerprint density at radius 2 is 1.77 bits per heavy atom. The summed E-state index contributed by atoms with van der Waals surface area (Å²) in [6.45, 7) is 4.03. The average Bonchev–Trinajstić information content (AvgIpc) is 2.78. The zero-order valence-corrected chi connectivity index (χ0v) is 17.9. The van der Waals surface area contributed by atoms with Crippen LogP contribution in [-0.2, 0) is 22.5 Å². The molecule has 7 nitrogen and oxygen atoms in total. The van der Waals surface area contributed by atoms with E-state index >= 15 is 0 Å². The second-order valence-electron chi connectivity index (χ2n) is 7.37. The summed E-state index contributed by atoms with van der Waals surface area (Å²) < 4.78 is 21.9. The van der Waals surface area contributed by atoms with Crippen LogP contribution in [0.15, 0.2) is 42.5 Å². The molecule has 0 aliphatic carbocycles. The highest BCUT2D eigenvalue weighted by atomic mass is 16.5. The van der Waals surface area contributed by atoms with E-state index in [0.717, 1.165) is 25.2 Å². The van der Waals surface area contributed by atoms with Crippen molar-refractivity contribution in [3.8, 4) is 17.2 Å². The molecule has 2 aromatic rings. The van der Waals surface area contributed by atoms with E-state index < -0.39 is 0 Å². The van der Waals surface area contributed by atoms with E-state index in [4.69, 9.17) is 18.9 Å². The molecule has 1 aliphatic heterocycles. The van der Waals surface area contributed by atoms with Crippen LogP contribution in [0.1, 0.15) is 11.1 Å². The molecule has 0 saturated carbocycles. The Hall–Kier alpha value is -2.77. The zero-order valence-electron chi connectivity index (χ0n) is 17.9. The number of rotatable bonds is 9. The Kier molecular flexibility index (Phi) is 7.93. The second kappa shape index (κ2) is 10.8. The van der Waals surface area contributed by atoms with Crippen molar-refractivity contribution in [3.05, 3.63) is 53.6 Å². The number of amides is 1. The summed E-state index contributed by atoms with van der Waals surface area (Å²) in [6.07, 6.45) is 0.241. The summed E-state index contributed by atoms with van der Waals surface area (Å²) in [4.78, 5) is 14.0. The van der Waals surface area contributed by atoms with Gasteiger partial charge >= 0.3 is 0 Å². The van der Waals surface area contributed by atoms with Gasteiger partial charge < -0.3 is 29.2 Å². The van der Waals surface area contributed by atoms with Crippen molar-refractivity contribution in [1.82, 2.24) is 5.32 Å². The first kappa shape index (κ1) is 21.9. The van der Waals surface area contributed by atoms with Crippen LogP contribution in [0.5, 0.6) is 17.2 Å². The molecule has 2 atom stereocenters. The molecule has 162 valence electrons. The number of carbonyl (C=O) groups is 1. The third-order valence-corrected chi connectivity index (χ3v) is 5.24. The molecule has 1 fully saturated rings. The number of carbonyl (C=O) groups excluding carboxylic acids is 1. The lowest BCUT2D eigenvalue weighted by Crippen LogP contribution is -3.13. The summed E-state index contributed by atoms with van der Waals surface area (Å²) in [6, 6.07) is 14.1. The predicted octanol–water partition coefficient (Wildman–Crippen LogP) is 0.855. The molecule has 0 bridgehead atoms. The highest BCUT2D eigenvalue weighted by molar-refractivity contribution is 5.79. The Labute approximate surface area is 177 Å². The molecule has 0 aromatic heterocycles. The summed E-state index contributed by atoms with van der Waals surface area (Å²) in [5, 5.41) is 3.00. The molecule has 2 aromatic carbocycles. The van der Waals surface area contributed by atoms with Gasteiger partial charge in [0.25, 0.3) is 0 Å². The van der Waals surface area contributed by atoms with E-state index in [-0.39, 0.29) is 18.4 Å². The van der Waals surface area contributed by atoms with Gasteiger partial charge in [0, 0.05) is 12.1 Å². The van der Waals surface area contributed by atoms with Crippen molar-refractivity contribution in [2.45, 2.75) is 19.1 Å². The van der Waals surface area contributed by atoms with Crippen LogP contribution in [0.3, 0.4) is 0 Å². The first-order valence-electron chi connectivity index (χ1n) is 10.2. The van der Waals surface area contributed by atoms with Gasteiger partial charge in [-0.15, -0.1) is 0 Å². The van der Waals surface area contributed by atoms with Gasteiger partial charge in [0.2, 0.25) is 11.7 Å². The second-order valence-corrected chi connectivity index (χ2v) is 7.37. The molecule has 1 unspecified atom stereocenters. The van der Waals surface area contributed by atoms with Gasteiger partial charge in [-0.05, 0) is 17.7 Å². The van der Waals surface area contributed by atoms with E-state index in [1.165, 1.54) is 10.5 Å². The Bertz CT molecular complexity index is 803. The van der Waals surface area contributed by atoms with Crippen molar-refractivity contribution in [2.24, 2.45) is 0 Å². The fraction of sp³-hybridized carbons (Fsp3) is 0.435. The van der Waals surface area contributed by atoms with Gasteiger partial charge in [-0.3, -0.25) is 4.79 Å². The molecule has 1 saturated heterocycles.